The number of hydrogen-bond acceptors (Lipinski definition) is 3. The topological polar surface area (TPSA) is 42.7 Å². The summed E-state index contributed by atoms with van der Waals surface area (Å²) in [4.78, 5) is 0. The minimum Gasteiger partial charge on any atom is -0.384 e. The molecular weight excluding hydrogens is 248 g/mol. The van der Waals surface area contributed by atoms with Gasteiger partial charge in [0.05, 0.1) is 0 Å². The van der Waals surface area contributed by atoms with E-state index in [4.69, 9.17) is 0 Å². The Labute approximate surface area is 117 Å². The van der Waals surface area contributed by atoms with Crippen LogP contribution in [0.2, 0.25) is 0 Å². The SMILES string of the molecule is c1ccc(-n2cnnc2-c2ccc3c(c2)CCN3)cc1. The predicted molar refractivity (Wildman–Crippen MR) is 79.0 cm³/mol. The standard InChI is InChI=1S/C16H14N4/c1-2-4-14(5-3-1)20-11-18-19-16(20)13-6-7-15-12(10-13)8-9-17-15/h1-7,10-11,17H,8-9H2. The molecule has 2 heterocycles. The Morgan fingerprint density at radius 2 is 1.95 bits per heavy atom. The van der Waals surface area contributed by atoms with Crippen LogP contribution in [0.3, 0.4) is 0 Å². The molecule has 0 saturated heterocycles. The first-order valence-electron chi connectivity index (χ1n) is 6.74. The average molecular weight is 262 g/mol. The van der Waals surface area contributed by atoms with Crippen LogP contribution in [0.15, 0.2) is 54.9 Å². The van der Waals surface area contributed by atoms with Crippen LogP contribution in [-0.2, 0) is 6.42 Å². The van der Waals surface area contributed by atoms with Crippen LogP contribution in [-0.4, -0.2) is 21.3 Å². The van der Waals surface area contributed by atoms with Crippen LogP contribution in [0, 0.1) is 0 Å². The Kier molecular flexibility index (Phi) is 2.52. The molecule has 0 fully saturated rings. The summed E-state index contributed by atoms with van der Waals surface area (Å²) < 4.78 is 2.02. The Balaban J connectivity index is 1.82. The monoisotopic (exact) mass is 262 g/mol. The third kappa shape index (κ3) is 1.77. The highest BCUT2D eigenvalue weighted by Crippen LogP contribution is 2.28. The van der Waals surface area contributed by atoms with Crippen molar-refractivity contribution < 1.29 is 0 Å². The normalized spacial score (nSPS) is 13.0. The van der Waals surface area contributed by atoms with Crippen molar-refractivity contribution in [1.82, 2.24) is 14.8 Å². The number of nitrogens with one attached hydrogen (secondary N) is 1. The molecule has 20 heavy (non-hydrogen) atoms. The molecule has 4 rings (SSSR count). The number of aromatic nitrogens is 3. The van der Waals surface area contributed by atoms with Crippen LogP contribution in [0.1, 0.15) is 5.56 Å². The largest absolute Gasteiger partial charge is 0.384 e. The summed E-state index contributed by atoms with van der Waals surface area (Å²) in [6, 6.07) is 16.6. The molecule has 1 aliphatic rings. The third-order valence-corrected chi connectivity index (χ3v) is 3.66. The minimum absolute atomic E-state index is 0.880. The number of hydrogen-bond donors (Lipinski definition) is 1. The second-order valence-corrected chi connectivity index (χ2v) is 4.91. The van der Waals surface area contributed by atoms with Gasteiger partial charge in [0.2, 0.25) is 0 Å². The van der Waals surface area contributed by atoms with Gasteiger partial charge in [-0.15, -0.1) is 10.2 Å². The van der Waals surface area contributed by atoms with Gasteiger partial charge < -0.3 is 5.32 Å². The van der Waals surface area contributed by atoms with Crippen molar-refractivity contribution in [2.24, 2.45) is 0 Å². The molecule has 0 radical (unpaired) electrons. The second-order valence-electron chi connectivity index (χ2n) is 4.91. The first kappa shape index (κ1) is 11.2. The van der Waals surface area contributed by atoms with Crippen LogP contribution in [0.5, 0.6) is 0 Å². The molecule has 0 aliphatic carbocycles. The Morgan fingerprint density at radius 3 is 2.85 bits per heavy atom. The van der Waals surface area contributed by atoms with Gasteiger partial charge in [-0.05, 0) is 42.3 Å². The van der Waals surface area contributed by atoms with E-state index in [9.17, 15) is 0 Å². The van der Waals surface area contributed by atoms with Crippen LogP contribution >= 0.6 is 0 Å². The maximum absolute atomic E-state index is 4.28. The fraction of sp³-hybridized carbons (Fsp3) is 0.125. The summed E-state index contributed by atoms with van der Waals surface area (Å²) in [6.45, 7) is 1.02. The summed E-state index contributed by atoms with van der Waals surface area (Å²) in [5, 5.41) is 11.7. The lowest BCUT2D eigenvalue weighted by Gasteiger charge is -2.08. The fourth-order valence-corrected chi connectivity index (χ4v) is 2.65. The predicted octanol–water partition coefficient (Wildman–Crippen LogP) is 2.90. The van der Waals surface area contributed by atoms with Crippen LogP contribution < -0.4 is 5.32 Å². The van der Waals surface area contributed by atoms with Gasteiger partial charge in [-0.1, -0.05) is 18.2 Å². The van der Waals surface area contributed by atoms with Crippen molar-refractivity contribution in [3.8, 4) is 17.1 Å². The molecular formula is C16H14N4. The Morgan fingerprint density at radius 1 is 1.05 bits per heavy atom. The summed E-state index contributed by atoms with van der Waals surface area (Å²) in [7, 11) is 0. The first-order valence-corrected chi connectivity index (χ1v) is 6.74. The zero-order chi connectivity index (χ0) is 13.4. The molecule has 0 bridgehead atoms. The number of nitrogens with zero attached hydrogens (tertiary/aromatic N) is 3. The van der Waals surface area contributed by atoms with Gasteiger partial charge in [0.25, 0.3) is 0 Å². The number of anilines is 1. The molecule has 98 valence electrons. The second kappa shape index (κ2) is 4.49. The van der Waals surface area contributed by atoms with E-state index in [1.165, 1.54) is 11.3 Å². The summed E-state index contributed by atoms with van der Waals surface area (Å²) in [5.41, 5.74) is 4.77. The van der Waals surface area contributed by atoms with E-state index >= 15 is 0 Å². The molecule has 1 aliphatic heterocycles. The fourth-order valence-electron chi connectivity index (χ4n) is 2.65. The van der Waals surface area contributed by atoms with Gasteiger partial charge >= 0.3 is 0 Å². The quantitative estimate of drug-likeness (QED) is 0.772. The number of rotatable bonds is 2. The van der Waals surface area contributed by atoms with Gasteiger partial charge in [0.15, 0.2) is 5.82 Å². The number of para-hydroxylation sites is 1. The van der Waals surface area contributed by atoms with Crippen molar-refractivity contribution in [3.63, 3.8) is 0 Å². The molecule has 2 aromatic carbocycles. The smallest absolute Gasteiger partial charge is 0.168 e. The molecule has 3 aromatic rings. The van der Waals surface area contributed by atoms with E-state index in [1.807, 2.05) is 22.8 Å². The highest BCUT2D eigenvalue weighted by molar-refractivity contribution is 5.66. The molecule has 1 N–H and O–H groups in total. The average Bonchev–Trinajstić information content (AvgIpc) is 3.16. The summed E-state index contributed by atoms with van der Waals surface area (Å²) >= 11 is 0. The molecule has 4 heteroatoms. The molecule has 1 aromatic heterocycles. The van der Waals surface area contributed by atoms with Gasteiger partial charge in [-0.2, -0.15) is 0 Å². The number of benzene rings is 2. The lowest BCUT2D eigenvalue weighted by molar-refractivity contribution is 1.06. The van der Waals surface area contributed by atoms with E-state index in [0.717, 1.165) is 30.0 Å². The van der Waals surface area contributed by atoms with Crippen molar-refractivity contribution >= 4 is 5.69 Å². The van der Waals surface area contributed by atoms with Crippen molar-refractivity contribution in [1.29, 1.82) is 0 Å². The van der Waals surface area contributed by atoms with Gasteiger partial charge in [-0.25, -0.2) is 0 Å². The van der Waals surface area contributed by atoms with E-state index < -0.39 is 0 Å². The van der Waals surface area contributed by atoms with E-state index in [1.54, 1.807) is 6.33 Å². The Hall–Kier alpha value is -2.62. The zero-order valence-electron chi connectivity index (χ0n) is 11.0. The maximum atomic E-state index is 4.28. The first-order chi connectivity index (χ1) is 9.92. The van der Waals surface area contributed by atoms with Crippen LogP contribution in [0.4, 0.5) is 5.69 Å². The van der Waals surface area contributed by atoms with Crippen molar-refractivity contribution in [2.75, 3.05) is 11.9 Å². The van der Waals surface area contributed by atoms with Crippen molar-refractivity contribution in [3.05, 3.63) is 60.4 Å². The maximum Gasteiger partial charge on any atom is 0.168 e. The van der Waals surface area contributed by atoms with Crippen molar-refractivity contribution in [2.45, 2.75) is 6.42 Å². The van der Waals surface area contributed by atoms with Gasteiger partial charge in [0, 0.05) is 23.5 Å². The van der Waals surface area contributed by atoms with E-state index in [-0.39, 0.29) is 0 Å². The van der Waals surface area contributed by atoms with Crippen LogP contribution in [0.25, 0.3) is 17.1 Å². The molecule has 0 saturated carbocycles. The molecule has 0 spiro atoms. The lowest BCUT2D eigenvalue weighted by atomic mass is 10.1. The highest BCUT2D eigenvalue weighted by atomic mass is 15.3. The molecule has 4 nitrogen and oxygen atoms in total. The molecule has 0 unspecified atom stereocenters. The summed E-state index contributed by atoms with van der Waals surface area (Å²) in [6.07, 6.45) is 2.83. The van der Waals surface area contributed by atoms with Gasteiger partial charge in [0.1, 0.15) is 6.33 Å². The zero-order valence-corrected chi connectivity index (χ0v) is 11.0. The molecule has 0 amide bonds. The lowest BCUT2D eigenvalue weighted by Crippen LogP contribution is -1.96. The van der Waals surface area contributed by atoms with Gasteiger partial charge in [-0.3, -0.25) is 4.57 Å². The third-order valence-electron chi connectivity index (χ3n) is 3.66. The molecule has 0 atom stereocenters. The Bertz CT molecular complexity index is 746. The van der Waals surface area contributed by atoms with E-state index in [0.29, 0.717) is 0 Å². The number of fused-ring (bicyclic) bond motifs is 1. The summed E-state index contributed by atoms with van der Waals surface area (Å²) in [5.74, 6) is 0.880. The highest BCUT2D eigenvalue weighted by Gasteiger charge is 2.14. The van der Waals surface area contributed by atoms with E-state index in [2.05, 4.69) is 45.8 Å². The minimum atomic E-state index is 0.880.